The van der Waals surface area contributed by atoms with Crippen LogP contribution in [-0.2, 0) is 0 Å². The lowest BCUT2D eigenvalue weighted by atomic mass is 9.77. The van der Waals surface area contributed by atoms with Crippen LogP contribution in [0.15, 0.2) is 18.2 Å². The molecule has 1 fully saturated rings. The monoisotopic (exact) mass is 216 g/mol. The van der Waals surface area contributed by atoms with Gasteiger partial charge in [0.05, 0.1) is 0 Å². The summed E-state index contributed by atoms with van der Waals surface area (Å²) in [5.74, 6) is 1.58. The predicted molar refractivity (Wildman–Crippen MR) is 68.2 cm³/mol. The lowest BCUT2D eigenvalue weighted by molar-refractivity contribution is 0.318. The van der Waals surface area contributed by atoms with Crippen molar-refractivity contribution in [2.45, 2.75) is 19.3 Å². The lowest BCUT2D eigenvalue weighted by Gasteiger charge is -2.42. The molecule has 1 aromatic rings. The third-order valence-electron chi connectivity index (χ3n) is 4.11. The number of piperidine rings is 1. The molecule has 1 aromatic carbocycles. The number of benzene rings is 1. The van der Waals surface area contributed by atoms with Crippen LogP contribution in [0.2, 0.25) is 0 Å². The fraction of sp³-hybridized carbons (Fsp3) is 0.571. The molecule has 1 saturated heterocycles. The van der Waals surface area contributed by atoms with E-state index in [0.29, 0.717) is 0 Å². The maximum Gasteiger partial charge on any atom is 0.0399 e. The second-order valence-electron chi connectivity index (χ2n) is 5.30. The Morgan fingerprint density at radius 3 is 3.12 bits per heavy atom. The Hall–Kier alpha value is -1.02. The van der Waals surface area contributed by atoms with E-state index in [4.69, 9.17) is 0 Å². The first-order valence-corrected chi connectivity index (χ1v) is 6.28. The highest BCUT2D eigenvalue weighted by molar-refractivity contribution is 5.58. The van der Waals surface area contributed by atoms with Gasteiger partial charge in [0.2, 0.25) is 0 Å². The molecule has 0 radical (unpaired) electrons. The van der Waals surface area contributed by atoms with Crippen LogP contribution >= 0.6 is 0 Å². The van der Waals surface area contributed by atoms with E-state index in [1.54, 1.807) is 5.56 Å². The number of nitrogens with one attached hydrogen (secondary N) is 1. The van der Waals surface area contributed by atoms with Gasteiger partial charge in [-0.1, -0.05) is 17.7 Å². The molecule has 2 atom stereocenters. The molecule has 0 aromatic heterocycles. The Bertz CT molecular complexity index is 400. The van der Waals surface area contributed by atoms with E-state index in [-0.39, 0.29) is 0 Å². The van der Waals surface area contributed by atoms with E-state index in [1.807, 2.05) is 0 Å². The quantitative estimate of drug-likeness (QED) is 0.715. The van der Waals surface area contributed by atoms with Crippen LogP contribution in [0.1, 0.15) is 23.5 Å². The van der Waals surface area contributed by atoms with Crippen molar-refractivity contribution in [2.24, 2.45) is 5.92 Å². The van der Waals surface area contributed by atoms with E-state index in [1.165, 1.54) is 37.3 Å². The SMILES string of the molecule is Cc1ccc2c(c1)C1CCNCC1CN2C. The summed E-state index contributed by atoms with van der Waals surface area (Å²) in [7, 11) is 2.22. The first kappa shape index (κ1) is 10.2. The molecule has 0 aliphatic carbocycles. The van der Waals surface area contributed by atoms with Gasteiger partial charge in [0.25, 0.3) is 0 Å². The molecule has 0 bridgehead atoms. The molecule has 1 N–H and O–H groups in total. The topological polar surface area (TPSA) is 15.3 Å². The molecule has 2 heteroatoms. The summed E-state index contributed by atoms with van der Waals surface area (Å²) in [4.78, 5) is 2.42. The van der Waals surface area contributed by atoms with Gasteiger partial charge < -0.3 is 10.2 Å². The third kappa shape index (κ3) is 1.52. The molecule has 2 unspecified atom stereocenters. The first-order chi connectivity index (χ1) is 7.75. The van der Waals surface area contributed by atoms with Gasteiger partial charge in [-0.3, -0.25) is 0 Å². The lowest BCUT2D eigenvalue weighted by Crippen LogP contribution is -2.44. The van der Waals surface area contributed by atoms with Crippen LogP contribution < -0.4 is 10.2 Å². The summed E-state index contributed by atoms with van der Waals surface area (Å²) in [5, 5.41) is 3.52. The number of nitrogens with zero attached hydrogens (tertiary/aromatic N) is 1. The third-order valence-corrected chi connectivity index (χ3v) is 4.11. The average Bonchev–Trinajstić information content (AvgIpc) is 2.29. The van der Waals surface area contributed by atoms with Crippen LogP contribution in [-0.4, -0.2) is 26.7 Å². The van der Waals surface area contributed by atoms with Gasteiger partial charge in [0.1, 0.15) is 0 Å². The normalized spacial score (nSPS) is 28.5. The average molecular weight is 216 g/mol. The fourth-order valence-electron chi connectivity index (χ4n) is 3.29. The van der Waals surface area contributed by atoms with Crippen molar-refractivity contribution in [2.75, 3.05) is 31.6 Å². The second-order valence-corrected chi connectivity index (χ2v) is 5.30. The van der Waals surface area contributed by atoms with E-state index < -0.39 is 0 Å². The van der Waals surface area contributed by atoms with Gasteiger partial charge in [-0.2, -0.15) is 0 Å². The van der Waals surface area contributed by atoms with E-state index in [9.17, 15) is 0 Å². The first-order valence-electron chi connectivity index (χ1n) is 6.28. The molecule has 0 saturated carbocycles. The van der Waals surface area contributed by atoms with Gasteiger partial charge in [0.15, 0.2) is 0 Å². The van der Waals surface area contributed by atoms with Crippen molar-refractivity contribution in [1.82, 2.24) is 5.32 Å². The Kier molecular flexibility index (Phi) is 2.40. The minimum Gasteiger partial charge on any atom is -0.374 e. The molecular formula is C14H20N2. The molecule has 86 valence electrons. The fourth-order valence-corrected chi connectivity index (χ4v) is 3.29. The van der Waals surface area contributed by atoms with Crippen LogP contribution in [0.3, 0.4) is 0 Å². The molecular weight excluding hydrogens is 196 g/mol. The zero-order valence-electron chi connectivity index (χ0n) is 10.2. The molecule has 2 aliphatic rings. The maximum atomic E-state index is 3.52. The van der Waals surface area contributed by atoms with Crippen molar-refractivity contribution >= 4 is 5.69 Å². The van der Waals surface area contributed by atoms with Crippen molar-refractivity contribution in [1.29, 1.82) is 0 Å². The van der Waals surface area contributed by atoms with Gasteiger partial charge in [-0.15, -0.1) is 0 Å². The Balaban J connectivity index is 2.05. The highest BCUT2D eigenvalue weighted by atomic mass is 15.1. The van der Waals surface area contributed by atoms with E-state index in [2.05, 4.69) is 42.4 Å². The number of hydrogen-bond acceptors (Lipinski definition) is 2. The van der Waals surface area contributed by atoms with Crippen molar-refractivity contribution in [3.05, 3.63) is 29.3 Å². The van der Waals surface area contributed by atoms with Crippen LogP contribution in [0, 0.1) is 12.8 Å². The van der Waals surface area contributed by atoms with E-state index in [0.717, 1.165) is 11.8 Å². The maximum absolute atomic E-state index is 3.52. The van der Waals surface area contributed by atoms with Crippen molar-refractivity contribution < 1.29 is 0 Å². The molecule has 2 nitrogen and oxygen atoms in total. The van der Waals surface area contributed by atoms with Gasteiger partial charge in [-0.25, -0.2) is 0 Å². The summed E-state index contributed by atoms with van der Waals surface area (Å²) in [5.41, 5.74) is 4.43. The highest BCUT2D eigenvalue weighted by Gasteiger charge is 2.33. The Morgan fingerprint density at radius 1 is 1.38 bits per heavy atom. The summed E-state index contributed by atoms with van der Waals surface area (Å²) >= 11 is 0. The smallest absolute Gasteiger partial charge is 0.0399 e. The minimum absolute atomic E-state index is 0.785. The molecule has 3 rings (SSSR count). The Morgan fingerprint density at radius 2 is 2.25 bits per heavy atom. The van der Waals surface area contributed by atoms with Crippen molar-refractivity contribution in [3.63, 3.8) is 0 Å². The van der Waals surface area contributed by atoms with Crippen LogP contribution in [0.4, 0.5) is 5.69 Å². The summed E-state index contributed by atoms with van der Waals surface area (Å²) in [6.07, 6.45) is 1.30. The number of hydrogen-bond donors (Lipinski definition) is 1. The number of rotatable bonds is 0. The second kappa shape index (κ2) is 3.77. The minimum atomic E-state index is 0.785. The van der Waals surface area contributed by atoms with Crippen LogP contribution in [0.25, 0.3) is 0 Å². The predicted octanol–water partition coefficient (Wildman–Crippen LogP) is 2.14. The van der Waals surface area contributed by atoms with Gasteiger partial charge in [-0.05, 0) is 43.4 Å². The number of fused-ring (bicyclic) bond motifs is 3. The molecule has 16 heavy (non-hydrogen) atoms. The molecule has 0 spiro atoms. The summed E-state index contributed by atoms with van der Waals surface area (Å²) < 4.78 is 0. The summed E-state index contributed by atoms with van der Waals surface area (Å²) in [6, 6.07) is 6.92. The van der Waals surface area contributed by atoms with Gasteiger partial charge >= 0.3 is 0 Å². The highest BCUT2D eigenvalue weighted by Crippen LogP contribution is 2.41. The van der Waals surface area contributed by atoms with Crippen LogP contribution in [0.5, 0.6) is 0 Å². The molecule has 2 aliphatic heterocycles. The largest absolute Gasteiger partial charge is 0.374 e. The number of aryl methyl sites for hydroxylation is 1. The summed E-state index contributed by atoms with van der Waals surface area (Å²) in [6.45, 7) is 5.76. The zero-order chi connectivity index (χ0) is 11.1. The van der Waals surface area contributed by atoms with Crippen molar-refractivity contribution in [3.8, 4) is 0 Å². The van der Waals surface area contributed by atoms with Gasteiger partial charge in [0, 0.05) is 25.8 Å². The number of anilines is 1. The zero-order valence-corrected chi connectivity index (χ0v) is 10.2. The van der Waals surface area contributed by atoms with E-state index >= 15 is 0 Å². The molecule has 2 heterocycles. The Labute approximate surface area is 97.6 Å². The standard InChI is InChI=1S/C14H20N2/c1-10-3-4-14-13(7-10)12-5-6-15-8-11(12)9-16(14)2/h3-4,7,11-12,15H,5-6,8-9H2,1-2H3. The molecule has 0 amide bonds.